The van der Waals surface area contributed by atoms with E-state index in [1.165, 1.54) is 0 Å². The number of hydrogen-bond donors (Lipinski definition) is 2. The van der Waals surface area contributed by atoms with Gasteiger partial charge in [-0.2, -0.15) is 0 Å². The zero-order valence-corrected chi connectivity index (χ0v) is 11.9. The maximum Gasteiger partial charge on any atom is 0.707 e. The van der Waals surface area contributed by atoms with Gasteiger partial charge in [-0.25, -0.2) is 0 Å². The lowest BCUT2D eigenvalue weighted by molar-refractivity contribution is 0.219. The summed E-state index contributed by atoms with van der Waals surface area (Å²) in [6, 6.07) is 6.44. The van der Waals surface area contributed by atoms with E-state index in [9.17, 15) is 4.57 Å². The van der Waals surface area contributed by atoms with Gasteiger partial charge in [0.1, 0.15) is 5.75 Å². The van der Waals surface area contributed by atoms with Gasteiger partial charge in [0.2, 0.25) is 0 Å². The van der Waals surface area contributed by atoms with E-state index in [4.69, 9.17) is 19.1 Å². The second kappa shape index (κ2) is 7.67. The molecule has 1 aromatic carbocycles. The molecular weight excluding hydrogens is 270 g/mol. The van der Waals surface area contributed by atoms with Crippen molar-refractivity contribution in [3.63, 3.8) is 0 Å². The molecule has 8 heteroatoms. The van der Waals surface area contributed by atoms with E-state index in [1.54, 1.807) is 38.1 Å². The van der Waals surface area contributed by atoms with Crippen molar-refractivity contribution in [2.24, 2.45) is 0 Å². The first-order valence-corrected chi connectivity index (χ1v) is 7.71. The predicted octanol–water partition coefficient (Wildman–Crippen LogP) is 1.80. The third-order valence-corrected chi connectivity index (χ3v) is 4.25. The standard InChI is InChI=1S/C11H18BO6P/c1-3-16-19(15,17-4-2)9-10-5-7-11(8-6-10)18-12(13)14/h5-8,13-14H,3-4,9H2,1-2H3. The van der Waals surface area contributed by atoms with Crippen LogP contribution in [-0.4, -0.2) is 30.6 Å². The molecule has 0 aliphatic heterocycles. The number of benzene rings is 1. The third kappa shape index (κ3) is 5.76. The van der Waals surface area contributed by atoms with Crippen LogP contribution in [0.15, 0.2) is 24.3 Å². The topological polar surface area (TPSA) is 85.2 Å². The molecule has 0 atom stereocenters. The minimum absolute atomic E-state index is 0.163. The quantitative estimate of drug-likeness (QED) is 0.560. The molecule has 2 N–H and O–H groups in total. The zero-order chi connectivity index (χ0) is 14.3. The summed E-state index contributed by atoms with van der Waals surface area (Å²) in [5, 5.41) is 17.3. The Kier molecular flexibility index (Phi) is 6.55. The lowest BCUT2D eigenvalue weighted by atomic mass is 10.2. The summed E-state index contributed by atoms with van der Waals surface area (Å²) in [6.45, 7) is 4.14. The van der Waals surface area contributed by atoms with Crippen LogP contribution in [0.25, 0.3) is 0 Å². The highest BCUT2D eigenvalue weighted by Gasteiger charge is 2.24. The van der Waals surface area contributed by atoms with Gasteiger partial charge in [0, 0.05) is 0 Å². The molecule has 0 spiro atoms. The Hall–Kier alpha value is -0.845. The van der Waals surface area contributed by atoms with Crippen molar-refractivity contribution in [2.75, 3.05) is 13.2 Å². The molecule has 0 aliphatic carbocycles. The van der Waals surface area contributed by atoms with E-state index in [1.807, 2.05) is 0 Å². The van der Waals surface area contributed by atoms with Crippen molar-refractivity contribution in [3.8, 4) is 5.75 Å². The molecule has 0 fully saturated rings. The average Bonchev–Trinajstić information content (AvgIpc) is 2.31. The van der Waals surface area contributed by atoms with Gasteiger partial charge in [-0.3, -0.25) is 4.57 Å². The Morgan fingerprint density at radius 1 is 1.11 bits per heavy atom. The van der Waals surface area contributed by atoms with Crippen molar-refractivity contribution in [2.45, 2.75) is 20.0 Å². The van der Waals surface area contributed by atoms with Crippen LogP contribution in [0.3, 0.4) is 0 Å². The highest BCUT2D eigenvalue weighted by atomic mass is 31.2. The first kappa shape index (κ1) is 16.2. The molecule has 0 amide bonds. The van der Waals surface area contributed by atoms with Crippen LogP contribution in [-0.2, 0) is 19.8 Å². The van der Waals surface area contributed by atoms with Gasteiger partial charge in [-0.05, 0) is 31.5 Å². The van der Waals surface area contributed by atoms with Crippen LogP contribution in [0.2, 0.25) is 0 Å². The molecule has 1 aromatic rings. The molecule has 19 heavy (non-hydrogen) atoms. The highest BCUT2D eigenvalue weighted by Crippen LogP contribution is 2.51. The van der Waals surface area contributed by atoms with Crippen LogP contribution in [0.4, 0.5) is 0 Å². The third-order valence-electron chi connectivity index (χ3n) is 2.19. The molecule has 0 aliphatic rings. The van der Waals surface area contributed by atoms with Gasteiger partial charge >= 0.3 is 14.9 Å². The fraction of sp³-hybridized carbons (Fsp3) is 0.455. The SMILES string of the molecule is CCOP(=O)(Cc1ccc(OB(O)O)cc1)OCC. The van der Waals surface area contributed by atoms with Crippen molar-refractivity contribution in [3.05, 3.63) is 29.8 Å². The lowest BCUT2D eigenvalue weighted by Gasteiger charge is -2.17. The Balaban J connectivity index is 2.72. The minimum atomic E-state index is -3.12. The Labute approximate surface area is 113 Å². The smallest absolute Gasteiger partial charge is 0.512 e. The first-order chi connectivity index (χ1) is 8.99. The van der Waals surface area contributed by atoms with E-state index >= 15 is 0 Å². The molecular formula is C11H18BO6P. The van der Waals surface area contributed by atoms with Crippen molar-refractivity contribution in [1.82, 2.24) is 0 Å². The van der Waals surface area contributed by atoms with Crippen LogP contribution < -0.4 is 4.65 Å². The number of rotatable bonds is 8. The van der Waals surface area contributed by atoms with E-state index in [0.29, 0.717) is 19.0 Å². The van der Waals surface area contributed by atoms with Crippen molar-refractivity contribution < 1.29 is 28.3 Å². The first-order valence-electron chi connectivity index (χ1n) is 5.99. The fourth-order valence-electron chi connectivity index (χ4n) is 1.54. The normalized spacial score (nSPS) is 11.4. The Morgan fingerprint density at radius 3 is 2.05 bits per heavy atom. The van der Waals surface area contributed by atoms with Crippen molar-refractivity contribution >= 4 is 14.9 Å². The molecule has 0 unspecified atom stereocenters. The summed E-state index contributed by atoms with van der Waals surface area (Å²) in [5.41, 5.74) is 0.755. The monoisotopic (exact) mass is 288 g/mol. The van der Waals surface area contributed by atoms with E-state index in [0.717, 1.165) is 5.56 Å². The number of hydrogen-bond acceptors (Lipinski definition) is 6. The van der Waals surface area contributed by atoms with Gasteiger partial charge < -0.3 is 23.7 Å². The summed E-state index contributed by atoms with van der Waals surface area (Å²) in [6.07, 6.45) is 0.163. The molecule has 0 heterocycles. The largest absolute Gasteiger partial charge is 0.707 e. The Morgan fingerprint density at radius 2 is 1.63 bits per heavy atom. The van der Waals surface area contributed by atoms with Gasteiger partial charge in [0.25, 0.3) is 0 Å². The molecule has 6 nitrogen and oxygen atoms in total. The molecule has 1 rings (SSSR count). The highest BCUT2D eigenvalue weighted by molar-refractivity contribution is 7.53. The molecule has 0 saturated heterocycles. The summed E-state index contributed by atoms with van der Waals surface area (Å²) in [7, 11) is -4.98. The molecule has 0 aromatic heterocycles. The van der Waals surface area contributed by atoms with Gasteiger partial charge in [-0.15, -0.1) is 0 Å². The molecule has 0 bridgehead atoms. The second-order valence-corrected chi connectivity index (χ2v) is 5.75. The average molecular weight is 288 g/mol. The van der Waals surface area contributed by atoms with Crippen LogP contribution in [0.5, 0.6) is 5.75 Å². The molecule has 106 valence electrons. The Bertz CT molecular complexity index is 412. The second-order valence-electron chi connectivity index (χ2n) is 3.69. The molecule has 0 radical (unpaired) electrons. The van der Waals surface area contributed by atoms with E-state index < -0.39 is 14.9 Å². The summed E-state index contributed by atoms with van der Waals surface area (Å²) < 4.78 is 27.3. The maximum absolute atomic E-state index is 12.3. The van der Waals surface area contributed by atoms with Crippen molar-refractivity contribution in [1.29, 1.82) is 0 Å². The van der Waals surface area contributed by atoms with Crippen LogP contribution >= 0.6 is 7.60 Å². The minimum Gasteiger partial charge on any atom is -0.512 e. The van der Waals surface area contributed by atoms with Gasteiger partial charge in [0.05, 0.1) is 19.4 Å². The fourth-order valence-corrected chi connectivity index (χ4v) is 3.24. The zero-order valence-electron chi connectivity index (χ0n) is 11.0. The van der Waals surface area contributed by atoms with Gasteiger partial charge in [-0.1, -0.05) is 12.1 Å². The van der Waals surface area contributed by atoms with E-state index in [-0.39, 0.29) is 6.16 Å². The molecule has 0 saturated carbocycles. The van der Waals surface area contributed by atoms with Gasteiger partial charge in [0.15, 0.2) is 0 Å². The van der Waals surface area contributed by atoms with Crippen LogP contribution in [0, 0.1) is 0 Å². The predicted molar refractivity (Wildman–Crippen MR) is 71.8 cm³/mol. The summed E-state index contributed by atoms with van der Waals surface area (Å²) in [4.78, 5) is 0. The lowest BCUT2D eigenvalue weighted by Crippen LogP contribution is -2.20. The summed E-state index contributed by atoms with van der Waals surface area (Å²) >= 11 is 0. The summed E-state index contributed by atoms with van der Waals surface area (Å²) in [5.74, 6) is 0.307. The van der Waals surface area contributed by atoms with E-state index in [2.05, 4.69) is 4.65 Å². The van der Waals surface area contributed by atoms with Crippen LogP contribution in [0.1, 0.15) is 19.4 Å². The maximum atomic E-state index is 12.3.